The van der Waals surface area contributed by atoms with Gasteiger partial charge in [-0.05, 0) is 11.8 Å². The standard InChI is InChI=1S/C7H11F3N2OS.ClH/c8-7(9,10)14-5-6(13)12-3-1-11-2-4-12;/h11H,1-5H2;1H. The number of carbonyl (C=O) groups excluding carboxylic acids is 1. The van der Waals surface area contributed by atoms with E-state index in [9.17, 15) is 18.0 Å². The number of nitrogens with one attached hydrogen (secondary N) is 1. The molecular weight excluding hydrogens is 253 g/mol. The molecule has 8 heteroatoms. The Bertz CT molecular complexity index is 209. The van der Waals surface area contributed by atoms with Crippen molar-refractivity contribution in [2.24, 2.45) is 0 Å². The van der Waals surface area contributed by atoms with Gasteiger partial charge in [0.25, 0.3) is 0 Å². The van der Waals surface area contributed by atoms with Crippen LogP contribution in [0, 0.1) is 0 Å². The Morgan fingerprint density at radius 2 is 1.87 bits per heavy atom. The van der Waals surface area contributed by atoms with E-state index in [1.807, 2.05) is 0 Å². The Morgan fingerprint density at radius 3 is 2.33 bits per heavy atom. The lowest BCUT2D eigenvalue weighted by molar-refractivity contribution is -0.129. The molecule has 1 aliphatic heterocycles. The fraction of sp³-hybridized carbons (Fsp3) is 0.857. The minimum Gasteiger partial charge on any atom is -0.339 e. The first-order valence-electron chi connectivity index (χ1n) is 4.18. The molecule has 0 aromatic carbocycles. The topological polar surface area (TPSA) is 32.3 Å². The molecular formula is C7H12ClF3N2OS. The minimum absolute atomic E-state index is 0. The van der Waals surface area contributed by atoms with Crippen LogP contribution >= 0.6 is 24.2 Å². The lowest BCUT2D eigenvalue weighted by Crippen LogP contribution is -2.47. The molecule has 0 aliphatic carbocycles. The summed E-state index contributed by atoms with van der Waals surface area (Å²) in [6.45, 7) is 2.30. The summed E-state index contributed by atoms with van der Waals surface area (Å²) in [7, 11) is 0. The smallest absolute Gasteiger partial charge is 0.339 e. The maximum atomic E-state index is 11.8. The molecule has 0 radical (unpaired) electrons. The number of hydrogen-bond donors (Lipinski definition) is 1. The van der Waals surface area contributed by atoms with Crippen LogP contribution in [0.2, 0.25) is 0 Å². The number of carbonyl (C=O) groups is 1. The van der Waals surface area contributed by atoms with Gasteiger partial charge in [-0.1, -0.05) is 0 Å². The van der Waals surface area contributed by atoms with Crippen LogP contribution in [0.4, 0.5) is 13.2 Å². The summed E-state index contributed by atoms with van der Waals surface area (Å²) in [5.74, 6) is -0.947. The summed E-state index contributed by atoms with van der Waals surface area (Å²) >= 11 is -0.276. The summed E-state index contributed by atoms with van der Waals surface area (Å²) in [5.41, 5.74) is -4.32. The predicted molar refractivity (Wildman–Crippen MR) is 55.2 cm³/mol. The van der Waals surface area contributed by atoms with Crippen molar-refractivity contribution in [3.8, 4) is 0 Å². The molecule has 0 bridgehead atoms. The normalized spacial score (nSPS) is 17.1. The third-order valence-electron chi connectivity index (χ3n) is 1.83. The highest BCUT2D eigenvalue weighted by Gasteiger charge is 2.30. The molecule has 1 heterocycles. The van der Waals surface area contributed by atoms with Gasteiger partial charge in [0.05, 0.1) is 5.75 Å². The molecule has 0 aromatic rings. The van der Waals surface area contributed by atoms with E-state index < -0.39 is 17.2 Å². The van der Waals surface area contributed by atoms with Crippen LogP contribution in [-0.4, -0.2) is 48.2 Å². The Morgan fingerprint density at radius 1 is 1.33 bits per heavy atom. The summed E-state index contributed by atoms with van der Waals surface area (Å²) in [5, 5.41) is 3.02. The van der Waals surface area contributed by atoms with Crippen molar-refractivity contribution in [2.75, 3.05) is 31.9 Å². The van der Waals surface area contributed by atoms with Gasteiger partial charge in [-0.3, -0.25) is 4.79 Å². The number of hydrogen-bond acceptors (Lipinski definition) is 3. The maximum Gasteiger partial charge on any atom is 0.442 e. The first kappa shape index (κ1) is 14.9. The van der Waals surface area contributed by atoms with Gasteiger partial charge in [0.1, 0.15) is 0 Å². The van der Waals surface area contributed by atoms with E-state index in [1.165, 1.54) is 4.90 Å². The first-order valence-corrected chi connectivity index (χ1v) is 5.17. The molecule has 15 heavy (non-hydrogen) atoms. The second-order valence-corrected chi connectivity index (χ2v) is 3.91. The molecule has 1 rings (SSSR count). The van der Waals surface area contributed by atoms with E-state index in [2.05, 4.69) is 5.32 Å². The number of alkyl halides is 3. The van der Waals surface area contributed by atoms with Crippen LogP contribution in [0.5, 0.6) is 0 Å². The Hall–Kier alpha value is -0.140. The van der Waals surface area contributed by atoms with Crippen molar-refractivity contribution in [3.05, 3.63) is 0 Å². The highest BCUT2D eigenvalue weighted by molar-refractivity contribution is 8.00. The minimum atomic E-state index is -4.32. The van der Waals surface area contributed by atoms with Crippen LogP contribution in [0.15, 0.2) is 0 Å². The average molecular weight is 265 g/mol. The molecule has 1 N–H and O–H groups in total. The van der Waals surface area contributed by atoms with E-state index >= 15 is 0 Å². The Labute approximate surface area is 96.2 Å². The van der Waals surface area contributed by atoms with Crippen molar-refractivity contribution < 1.29 is 18.0 Å². The van der Waals surface area contributed by atoms with Gasteiger partial charge in [-0.25, -0.2) is 0 Å². The lowest BCUT2D eigenvalue weighted by Gasteiger charge is -2.27. The van der Waals surface area contributed by atoms with Crippen LogP contribution in [-0.2, 0) is 4.79 Å². The quantitative estimate of drug-likeness (QED) is 0.811. The maximum absolute atomic E-state index is 11.8. The van der Waals surface area contributed by atoms with Crippen LogP contribution in [0.3, 0.4) is 0 Å². The molecule has 90 valence electrons. The second kappa shape index (κ2) is 6.44. The Kier molecular flexibility index (Phi) is 6.38. The zero-order chi connectivity index (χ0) is 10.6. The monoisotopic (exact) mass is 264 g/mol. The SMILES string of the molecule is Cl.O=C(CSC(F)(F)F)N1CCNCC1. The number of thioether (sulfide) groups is 1. The fourth-order valence-corrected chi connectivity index (χ4v) is 1.62. The molecule has 1 amide bonds. The largest absolute Gasteiger partial charge is 0.442 e. The molecule has 0 saturated carbocycles. The summed E-state index contributed by atoms with van der Waals surface area (Å²) in [6, 6.07) is 0. The zero-order valence-corrected chi connectivity index (χ0v) is 9.47. The number of amides is 1. The van der Waals surface area contributed by atoms with Gasteiger partial charge in [0, 0.05) is 26.2 Å². The van der Waals surface area contributed by atoms with Crippen LogP contribution < -0.4 is 5.32 Å². The molecule has 0 unspecified atom stereocenters. The molecule has 1 aliphatic rings. The average Bonchev–Trinajstić information content (AvgIpc) is 2.14. The number of nitrogens with zero attached hydrogens (tertiary/aromatic N) is 1. The first-order chi connectivity index (χ1) is 6.49. The molecule has 0 aromatic heterocycles. The molecule has 0 atom stereocenters. The van der Waals surface area contributed by atoms with E-state index in [1.54, 1.807) is 0 Å². The van der Waals surface area contributed by atoms with Gasteiger partial charge in [0.15, 0.2) is 0 Å². The van der Waals surface area contributed by atoms with E-state index in [0.29, 0.717) is 26.2 Å². The molecule has 1 fully saturated rings. The zero-order valence-electron chi connectivity index (χ0n) is 7.84. The van der Waals surface area contributed by atoms with E-state index in [4.69, 9.17) is 0 Å². The number of halogens is 4. The van der Waals surface area contributed by atoms with Crippen LogP contribution in [0.1, 0.15) is 0 Å². The summed E-state index contributed by atoms with van der Waals surface area (Å²) in [4.78, 5) is 12.7. The predicted octanol–water partition coefficient (Wildman–Crippen LogP) is 1.09. The van der Waals surface area contributed by atoms with Gasteiger partial charge in [-0.15, -0.1) is 12.4 Å². The fourth-order valence-electron chi connectivity index (χ4n) is 1.15. The van der Waals surface area contributed by atoms with Crippen molar-refractivity contribution in [2.45, 2.75) is 5.51 Å². The molecule has 0 spiro atoms. The van der Waals surface area contributed by atoms with Gasteiger partial charge in [0.2, 0.25) is 5.91 Å². The van der Waals surface area contributed by atoms with Gasteiger partial charge in [-0.2, -0.15) is 13.2 Å². The highest BCUT2D eigenvalue weighted by Crippen LogP contribution is 2.30. The second-order valence-electron chi connectivity index (χ2n) is 2.87. The molecule has 3 nitrogen and oxygen atoms in total. The third-order valence-corrected chi connectivity index (χ3v) is 2.55. The third kappa shape index (κ3) is 6.11. The highest BCUT2D eigenvalue weighted by atomic mass is 35.5. The van der Waals surface area contributed by atoms with E-state index in [-0.39, 0.29) is 24.2 Å². The summed E-state index contributed by atoms with van der Waals surface area (Å²) < 4.78 is 35.3. The number of piperazine rings is 1. The molecule has 1 saturated heterocycles. The Balaban J connectivity index is 0.00000196. The van der Waals surface area contributed by atoms with Gasteiger partial charge < -0.3 is 10.2 Å². The van der Waals surface area contributed by atoms with Crippen molar-refractivity contribution in [1.29, 1.82) is 0 Å². The van der Waals surface area contributed by atoms with Crippen molar-refractivity contribution in [3.63, 3.8) is 0 Å². The number of rotatable bonds is 2. The van der Waals surface area contributed by atoms with Gasteiger partial charge >= 0.3 is 5.51 Å². The van der Waals surface area contributed by atoms with Crippen molar-refractivity contribution >= 4 is 30.1 Å². The lowest BCUT2D eigenvalue weighted by atomic mass is 10.3. The summed E-state index contributed by atoms with van der Waals surface area (Å²) in [6.07, 6.45) is 0. The van der Waals surface area contributed by atoms with Crippen LogP contribution in [0.25, 0.3) is 0 Å². The van der Waals surface area contributed by atoms with E-state index in [0.717, 1.165) is 0 Å². The van der Waals surface area contributed by atoms with Crippen molar-refractivity contribution in [1.82, 2.24) is 10.2 Å².